The summed E-state index contributed by atoms with van der Waals surface area (Å²) in [5, 5.41) is 8.16. The lowest BCUT2D eigenvalue weighted by Crippen LogP contribution is -2.27. The van der Waals surface area contributed by atoms with Crippen LogP contribution in [0.1, 0.15) is 62.6 Å². The van der Waals surface area contributed by atoms with Crippen LogP contribution in [0.2, 0.25) is 0 Å². The van der Waals surface area contributed by atoms with E-state index >= 15 is 0 Å². The van der Waals surface area contributed by atoms with Crippen LogP contribution in [-0.2, 0) is 17.8 Å². The van der Waals surface area contributed by atoms with Gasteiger partial charge in [-0.25, -0.2) is 0 Å². The molecule has 0 amide bonds. The van der Waals surface area contributed by atoms with Crippen molar-refractivity contribution in [3.63, 3.8) is 0 Å². The van der Waals surface area contributed by atoms with E-state index in [0.717, 1.165) is 19.1 Å². The zero-order valence-corrected chi connectivity index (χ0v) is 13.1. The van der Waals surface area contributed by atoms with Gasteiger partial charge in [0.1, 0.15) is 0 Å². The van der Waals surface area contributed by atoms with E-state index in [9.17, 15) is 0 Å². The first-order valence-electron chi connectivity index (χ1n) is 8.67. The molecule has 1 aromatic rings. The lowest BCUT2D eigenvalue weighted by atomic mass is 9.98. The Bertz CT molecular complexity index is 500. The molecule has 1 aromatic heterocycles. The third-order valence-electron chi connectivity index (χ3n) is 5.59. The molecular weight excluding hydrogens is 262 g/mol. The molecule has 4 nitrogen and oxygen atoms in total. The molecular formula is C17H27N3O. The third kappa shape index (κ3) is 2.88. The van der Waals surface area contributed by atoms with Crippen LogP contribution in [0.15, 0.2) is 6.20 Å². The largest absolute Gasteiger partial charge is 0.370 e. The van der Waals surface area contributed by atoms with Crippen LogP contribution >= 0.6 is 0 Å². The summed E-state index contributed by atoms with van der Waals surface area (Å²) in [5.74, 6) is 0. The number of hydrogen-bond donors (Lipinski definition) is 1. The van der Waals surface area contributed by atoms with Crippen molar-refractivity contribution in [1.29, 1.82) is 0 Å². The Morgan fingerprint density at radius 2 is 2.10 bits per heavy atom. The molecule has 1 atom stereocenters. The van der Waals surface area contributed by atoms with Gasteiger partial charge in [-0.1, -0.05) is 12.8 Å². The van der Waals surface area contributed by atoms with Crippen LogP contribution in [0.25, 0.3) is 0 Å². The Morgan fingerprint density at radius 3 is 2.86 bits per heavy atom. The van der Waals surface area contributed by atoms with Gasteiger partial charge in [-0.15, -0.1) is 0 Å². The topological polar surface area (TPSA) is 39.1 Å². The Labute approximate surface area is 127 Å². The second kappa shape index (κ2) is 5.40. The first kappa shape index (κ1) is 13.8. The Hall–Kier alpha value is -0.870. The second-order valence-electron chi connectivity index (χ2n) is 7.26. The van der Waals surface area contributed by atoms with Gasteiger partial charge in [0.05, 0.1) is 24.4 Å². The highest BCUT2D eigenvalue weighted by molar-refractivity contribution is 5.16. The minimum atomic E-state index is 0.238. The molecule has 2 heterocycles. The maximum Gasteiger partial charge on any atom is 0.0779 e. The Morgan fingerprint density at radius 1 is 1.29 bits per heavy atom. The maximum absolute atomic E-state index is 6.41. The second-order valence-corrected chi connectivity index (χ2v) is 7.26. The van der Waals surface area contributed by atoms with Crippen molar-refractivity contribution >= 4 is 0 Å². The predicted octanol–water partition coefficient (Wildman–Crippen LogP) is 2.94. The third-order valence-corrected chi connectivity index (χ3v) is 5.59. The molecule has 2 saturated carbocycles. The number of hydrogen-bond acceptors (Lipinski definition) is 3. The summed E-state index contributed by atoms with van der Waals surface area (Å²) in [4.78, 5) is 0. The van der Waals surface area contributed by atoms with E-state index in [-0.39, 0.29) is 5.60 Å². The summed E-state index contributed by atoms with van der Waals surface area (Å²) in [6, 6.07) is 0.758. The average molecular weight is 289 g/mol. The van der Waals surface area contributed by atoms with Crippen molar-refractivity contribution in [3.8, 4) is 0 Å². The maximum atomic E-state index is 6.41. The number of nitrogens with one attached hydrogen (secondary N) is 1. The predicted molar refractivity (Wildman–Crippen MR) is 82.1 cm³/mol. The van der Waals surface area contributed by atoms with E-state index in [4.69, 9.17) is 4.74 Å². The highest BCUT2D eigenvalue weighted by atomic mass is 16.5. The molecule has 0 aromatic carbocycles. The molecule has 4 rings (SSSR count). The molecule has 2 aliphatic carbocycles. The normalized spacial score (nSPS) is 27.8. The van der Waals surface area contributed by atoms with Crippen molar-refractivity contribution in [2.45, 2.75) is 89.1 Å². The summed E-state index contributed by atoms with van der Waals surface area (Å²) in [6.45, 7) is 4.08. The van der Waals surface area contributed by atoms with Gasteiger partial charge >= 0.3 is 0 Å². The molecule has 1 spiro atoms. The van der Waals surface area contributed by atoms with E-state index in [1.54, 1.807) is 0 Å². The molecule has 0 radical (unpaired) electrons. The van der Waals surface area contributed by atoms with E-state index in [1.807, 2.05) is 6.20 Å². The summed E-state index contributed by atoms with van der Waals surface area (Å²) >= 11 is 0. The van der Waals surface area contributed by atoms with Crippen molar-refractivity contribution in [3.05, 3.63) is 17.5 Å². The first-order valence-corrected chi connectivity index (χ1v) is 8.67. The van der Waals surface area contributed by atoms with Gasteiger partial charge in [0.15, 0.2) is 0 Å². The molecule has 3 fully saturated rings. The molecule has 0 bridgehead atoms. The summed E-state index contributed by atoms with van der Waals surface area (Å²) in [6.07, 6.45) is 12.8. The summed E-state index contributed by atoms with van der Waals surface area (Å²) < 4.78 is 8.57. The fourth-order valence-electron chi connectivity index (χ4n) is 3.99. The smallest absolute Gasteiger partial charge is 0.0779 e. The van der Waals surface area contributed by atoms with Crippen molar-refractivity contribution < 1.29 is 4.74 Å². The quantitative estimate of drug-likeness (QED) is 0.906. The van der Waals surface area contributed by atoms with Crippen LogP contribution in [0.5, 0.6) is 0 Å². The van der Waals surface area contributed by atoms with Gasteiger partial charge in [-0.05, 0) is 45.4 Å². The van der Waals surface area contributed by atoms with Gasteiger partial charge < -0.3 is 10.1 Å². The molecule has 1 unspecified atom stereocenters. The molecule has 116 valence electrons. The van der Waals surface area contributed by atoms with Gasteiger partial charge in [0, 0.05) is 23.8 Å². The van der Waals surface area contributed by atoms with Gasteiger partial charge in [0.25, 0.3) is 0 Å². The van der Waals surface area contributed by atoms with E-state index in [1.165, 1.54) is 62.6 Å². The molecule has 1 saturated heterocycles. The number of nitrogens with zero attached hydrogens (tertiary/aromatic N) is 2. The Balaban J connectivity index is 1.36. The zero-order valence-electron chi connectivity index (χ0n) is 13.1. The SMILES string of the molecule is Cc1c(CNC2CC2)cnn1CC1CCC2(CCCC2)O1. The van der Waals surface area contributed by atoms with Crippen LogP contribution in [0.4, 0.5) is 0 Å². The van der Waals surface area contributed by atoms with E-state index < -0.39 is 0 Å². The van der Waals surface area contributed by atoms with Gasteiger partial charge in [-0.2, -0.15) is 5.10 Å². The average Bonchev–Trinajstić information content (AvgIpc) is 2.91. The van der Waals surface area contributed by atoms with Crippen LogP contribution in [-0.4, -0.2) is 27.5 Å². The number of rotatable bonds is 5. The fourth-order valence-corrected chi connectivity index (χ4v) is 3.99. The molecule has 1 aliphatic heterocycles. The monoisotopic (exact) mass is 289 g/mol. The minimum absolute atomic E-state index is 0.238. The molecule has 3 aliphatic rings. The van der Waals surface area contributed by atoms with E-state index in [0.29, 0.717) is 6.10 Å². The summed E-state index contributed by atoms with van der Waals surface area (Å²) in [7, 11) is 0. The lowest BCUT2D eigenvalue weighted by Gasteiger charge is -2.24. The first-order chi connectivity index (χ1) is 10.2. The zero-order chi connectivity index (χ0) is 14.3. The van der Waals surface area contributed by atoms with Crippen molar-refractivity contribution in [2.75, 3.05) is 0 Å². The minimum Gasteiger partial charge on any atom is -0.370 e. The molecule has 21 heavy (non-hydrogen) atoms. The number of aromatic nitrogens is 2. The van der Waals surface area contributed by atoms with Gasteiger partial charge in [-0.3, -0.25) is 4.68 Å². The highest BCUT2D eigenvalue weighted by Gasteiger charge is 2.42. The number of ether oxygens (including phenoxy) is 1. The van der Waals surface area contributed by atoms with Crippen LogP contribution < -0.4 is 5.32 Å². The standard InChI is InChI=1S/C17H27N3O/c1-13-14(10-18-15-4-5-15)11-19-20(13)12-16-6-9-17(21-16)7-2-3-8-17/h11,15-16,18H,2-10,12H2,1H3. The van der Waals surface area contributed by atoms with Crippen LogP contribution in [0, 0.1) is 6.92 Å². The van der Waals surface area contributed by atoms with Crippen molar-refractivity contribution in [1.82, 2.24) is 15.1 Å². The van der Waals surface area contributed by atoms with Gasteiger partial charge in [0.2, 0.25) is 0 Å². The summed E-state index contributed by atoms with van der Waals surface area (Å²) in [5.41, 5.74) is 2.89. The highest BCUT2D eigenvalue weighted by Crippen LogP contribution is 2.43. The Kier molecular flexibility index (Phi) is 3.54. The molecule has 1 N–H and O–H groups in total. The fraction of sp³-hybridized carbons (Fsp3) is 0.824. The van der Waals surface area contributed by atoms with Crippen molar-refractivity contribution in [2.24, 2.45) is 0 Å². The van der Waals surface area contributed by atoms with Crippen LogP contribution in [0.3, 0.4) is 0 Å². The van der Waals surface area contributed by atoms with E-state index in [2.05, 4.69) is 22.0 Å². The lowest BCUT2D eigenvalue weighted by molar-refractivity contribution is -0.0431. The molecule has 4 heteroatoms.